The van der Waals surface area contributed by atoms with Crippen LogP contribution in [-0.4, -0.2) is 58.2 Å². The molecule has 0 aliphatic carbocycles. The highest BCUT2D eigenvalue weighted by Crippen LogP contribution is 2.37. The fraction of sp³-hybridized carbons (Fsp3) is 0.737. The Bertz CT molecular complexity index is 729. The van der Waals surface area contributed by atoms with Crippen LogP contribution in [-0.2, 0) is 28.2 Å². The molecule has 0 saturated carbocycles. The van der Waals surface area contributed by atoms with Crippen molar-refractivity contribution in [3.05, 3.63) is 29.7 Å². The summed E-state index contributed by atoms with van der Waals surface area (Å²) in [4.78, 5) is 7.17. The van der Waals surface area contributed by atoms with Crippen molar-refractivity contribution in [3.8, 4) is 0 Å². The zero-order valence-corrected chi connectivity index (χ0v) is 16.3. The van der Waals surface area contributed by atoms with Gasteiger partial charge in [-0.15, -0.1) is 0 Å². The first-order valence-corrected chi connectivity index (χ1v) is 9.93. The Hall–Kier alpha value is -1.77. The lowest BCUT2D eigenvalue weighted by molar-refractivity contribution is -0.0838. The third-order valence-corrected chi connectivity index (χ3v) is 5.89. The van der Waals surface area contributed by atoms with Crippen LogP contribution in [0.4, 0.5) is 0 Å². The van der Waals surface area contributed by atoms with Gasteiger partial charge >= 0.3 is 0 Å². The van der Waals surface area contributed by atoms with Crippen LogP contribution in [0.2, 0.25) is 0 Å². The maximum atomic E-state index is 5.92. The van der Waals surface area contributed by atoms with Gasteiger partial charge in [0.1, 0.15) is 5.60 Å². The molecule has 0 aromatic carbocycles. The predicted molar refractivity (Wildman–Crippen MR) is 98.2 cm³/mol. The molecule has 0 bridgehead atoms. The first kappa shape index (κ1) is 18.6. The van der Waals surface area contributed by atoms with Gasteiger partial charge in [0.15, 0.2) is 5.82 Å². The molecule has 0 N–H and O–H groups in total. The molecule has 8 heteroatoms. The van der Waals surface area contributed by atoms with Crippen LogP contribution in [0.15, 0.2) is 16.9 Å². The standard InChI is InChI=1S/C19H29N5O3/c1-3-24-14-15(12-20-24)13-23-8-6-19(25-2,7-9-23)18-21-17(22-27-18)16-4-10-26-11-5-16/h12,14,16H,3-11,13H2,1-2H3. The summed E-state index contributed by atoms with van der Waals surface area (Å²) in [5.41, 5.74) is 0.780. The van der Waals surface area contributed by atoms with Crippen LogP contribution in [0.5, 0.6) is 0 Å². The molecule has 0 spiro atoms. The van der Waals surface area contributed by atoms with E-state index in [2.05, 4.69) is 28.3 Å². The van der Waals surface area contributed by atoms with Crippen molar-refractivity contribution in [2.75, 3.05) is 33.4 Å². The lowest BCUT2D eigenvalue weighted by atomic mass is 9.90. The van der Waals surface area contributed by atoms with Gasteiger partial charge in [-0.05, 0) is 32.6 Å². The molecule has 0 atom stereocenters. The number of ether oxygens (including phenoxy) is 2. The molecule has 2 aromatic heterocycles. The van der Waals surface area contributed by atoms with Crippen LogP contribution in [0.1, 0.15) is 55.8 Å². The second-order valence-corrected chi connectivity index (χ2v) is 7.52. The minimum Gasteiger partial charge on any atom is -0.381 e. The molecule has 0 unspecified atom stereocenters. The molecule has 0 amide bonds. The molecular weight excluding hydrogens is 346 g/mol. The minimum atomic E-state index is -0.472. The van der Waals surface area contributed by atoms with E-state index in [9.17, 15) is 0 Å². The second kappa shape index (κ2) is 8.08. The van der Waals surface area contributed by atoms with E-state index >= 15 is 0 Å². The Morgan fingerprint density at radius 3 is 2.70 bits per heavy atom. The number of aryl methyl sites for hydroxylation is 1. The van der Waals surface area contributed by atoms with Crippen LogP contribution >= 0.6 is 0 Å². The average Bonchev–Trinajstić information content (AvgIpc) is 3.39. The second-order valence-electron chi connectivity index (χ2n) is 7.52. The van der Waals surface area contributed by atoms with E-state index in [0.717, 1.165) is 70.9 Å². The van der Waals surface area contributed by atoms with Gasteiger partial charge < -0.3 is 14.0 Å². The summed E-state index contributed by atoms with van der Waals surface area (Å²) in [6.45, 7) is 7.32. The van der Waals surface area contributed by atoms with Gasteiger partial charge in [-0.25, -0.2) is 0 Å². The fourth-order valence-electron chi connectivity index (χ4n) is 4.04. The molecule has 2 saturated heterocycles. The summed E-state index contributed by atoms with van der Waals surface area (Å²) in [6, 6.07) is 0. The van der Waals surface area contributed by atoms with E-state index in [-0.39, 0.29) is 0 Å². The van der Waals surface area contributed by atoms with Crippen molar-refractivity contribution in [2.24, 2.45) is 0 Å². The number of methoxy groups -OCH3 is 1. The number of hydrogen-bond acceptors (Lipinski definition) is 7. The van der Waals surface area contributed by atoms with E-state index in [0.29, 0.717) is 11.8 Å². The molecule has 2 aromatic rings. The Morgan fingerprint density at radius 1 is 1.26 bits per heavy atom. The van der Waals surface area contributed by atoms with Gasteiger partial charge in [0.25, 0.3) is 5.89 Å². The molecule has 27 heavy (non-hydrogen) atoms. The molecule has 2 aliphatic rings. The minimum absolute atomic E-state index is 0.334. The highest BCUT2D eigenvalue weighted by Gasteiger charge is 2.42. The smallest absolute Gasteiger partial charge is 0.258 e. The summed E-state index contributed by atoms with van der Waals surface area (Å²) in [5.74, 6) is 1.77. The highest BCUT2D eigenvalue weighted by atomic mass is 16.5. The van der Waals surface area contributed by atoms with E-state index in [1.807, 2.05) is 10.9 Å². The molecule has 0 radical (unpaired) electrons. The van der Waals surface area contributed by atoms with Crippen LogP contribution in [0.3, 0.4) is 0 Å². The summed E-state index contributed by atoms with van der Waals surface area (Å²) >= 11 is 0. The lowest BCUT2D eigenvalue weighted by Crippen LogP contribution is -2.43. The molecule has 2 aliphatic heterocycles. The zero-order valence-electron chi connectivity index (χ0n) is 16.3. The predicted octanol–water partition coefficient (Wildman–Crippen LogP) is 2.32. The van der Waals surface area contributed by atoms with Crippen molar-refractivity contribution in [2.45, 2.75) is 57.2 Å². The Labute approximate surface area is 159 Å². The van der Waals surface area contributed by atoms with Crippen LogP contribution < -0.4 is 0 Å². The highest BCUT2D eigenvalue weighted by molar-refractivity contribution is 5.08. The van der Waals surface area contributed by atoms with Crippen molar-refractivity contribution in [1.82, 2.24) is 24.8 Å². The van der Waals surface area contributed by atoms with E-state index < -0.39 is 5.60 Å². The molecular formula is C19H29N5O3. The summed E-state index contributed by atoms with van der Waals surface area (Å²) in [5, 5.41) is 8.62. The number of rotatable bonds is 6. The lowest BCUT2D eigenvalue weighted by Gasteiger charge is -2.38. The van der Waals surface area contributed by atoms with E-state index in [4.69, 9.17) is 19.0 Å². The van der Waals surface area contributed by atoms with Gasteiger partial charge in [-0.2, -0.15) is 10.1 Å². The number of hydrogen-bond donors (Lipinski definition) is 0. The SMILES string of the molecule is CCn1cc(CN2CCC(OC)(c3nc(C4CCOCC4)no3)CC2)cn1. The average molecular weight is 375 g/mol. The van der Waals surface area contributed by atoms with Gasteiger partial charge in [0, 0.05) is 64.2 Å². The van der Waals surface area contributed by atoms with Crippen molar-refractivity contribution in [1.29, 1.82) is 0 Å². The molecule has 8 nitrogen and oxygen atoms in total. The van der Waals surface area contributed by atoms with Gasteiger partial charge in [0.2, 0.25) is 0 Å². The third-order valence-electron chi connectivity index (χ3n) is 5.89. The number of likely N-dealkylation sites (tertiary alicyclic amines) is 1. The third kappa shape index (κ3) is 3.93. The van der Waals surface area contributed by atoms with E-state index in [1.165, 1.54) is 5.56 Å². The monoisotopic (exact) mass is 375 g/mol. The zero-order chi connectivity index (χ0) is 18.7. The van der Waals surface area contributed by atoms with Crippen LogP contribution in [0.25, 0.3) is 0 Å². The first-order valence-electron chi connectivity index (χ1n) is 9.93. The maximum absolute atomic E-state index is 5.92. The molecule has 4 heterocycles. The Kier molecular flexibility index (Phi) is 5.56. The fourth-order valence-corrected chi connectivity index (χ4v) is 4.04. The Balaban J connectivity index is 1.39. The van der Waals surface area contributed by atoms with Crippen molar-refractivity contribution < 1.29 is 14.0 Å². The summed E-state index contributed by atoms with van der Waals surface area (Å²) < 4.78 is 19.0. The quantitative estimate of drug-likeness (QED) is 0.767. The summed E-state index contributed by atoms with van der Waals surface area (Å²) in [7, 11) is 1.75. The maximum Gasteiger partial charge on any atom is 0.258 e. The van der Waals surface area contributed by atoms with Gasteiger partial charge in [0.05, 0.1) is 6.20 Å². The number of piperidine rings is 1. The number of aromatic nitrogens is 4. The first-order chi connectivity index (χ1) is 13.2. The molecule has 2 fully saturated rings. The van der Waals surface area contributed by atoms with Gasteiger partial charge in [-0.3, -0.25) is 9.58 Å². The topological polar surface area (TPSA) is 78.4 Å². The van der Waals surface area contributed by atoms with Crippen molar-refractivity contribution >= 4 is 0 Å². The normalized spacial score (nSPS) is 21.6. The Morgan fingerprint density at radius 2 is 2.04 bits per heavy atom. The van der Waals surface area contributed by atoms with E-state index in [1.54, 1.807) is 7.11 Å². The van der Waals surface area contributed by atoms with Crippen LogP contribution in [0, 0.1) is 0 Å². The van der Waals surface area contributed by atoms with Gasteiger partial charge in [-0.1, -0.05) is 5.16 Å². The van der Waals surface area contributed by atoms with Crippen molar-refractivity contribution in [3.63, 3.8) is 0 Å². The molecule has 148 valence electrons. The number of nitrogens with zero attached hydrogens (tertiary/aromatic N) is 5. The molecule has 4 rings (SSSR count). The largest absolute Gasteiger partial charge is 0.381 e. The summed E-state index contributed by atoms with van der Waals surface area (Å²) in [6.07, 6.45) is 7.69.